The molecule has 0 heterocycles. The van der Waals surface area contributed by atoms with E-state index in [2.05, 4.69) is 65.2 Å². The number of rotatable bonds is 7. The van der Waals surface area contributed by atoms with Gasteiger partial charge in [0.1, 0.15) is 0 Å². The lowest BCUT2D eigenvalue weighted by Gasteiger charge is -2.06. The Kier molecular flexibility index (Phi) is 5.60. The van der Waals surface area contributed by atoms with E-state index in [1.165, 1.54) is 16.7 Å². The van der Waals surface area contributed by atoms with Crippen LogP contribution in [-0.4, -0.2) is 26.7 Å². The van der Waals surface area contributed by atoms with Crippen molar-refractivity contribution in [3.8, 4) is 11.1 Å². The van der Waals surface area contributed by atoms with E-state index < -0.39 is 0 Å². The zero-order valence-electron chi connectivity index (χ0n) is 11.5. The molecule has 0 bridgehead atoms. The van der Waals surface area contributed by atoms with Gasteiger partial charge in [0.2, 0.25) is 0 Å². The Bertz CT molecular complexity index is 462. The molecule has 100 valence electrons. The third kappa shape index (κ3) is 4.51. The number of hydrogen-bond donors (Lipinski definition) is 2. The van der Waals surface area contributed by atoms with Gasteiger partial charge in [-0.05, 0) is 36.7 Å². The maximum absolute atomic E-state index is 3.42. The van der Waals surface area contributed by atoms with Gasteiger partial charge in [0.15, 0.2) is 0 Å². The third-order valence-corrected chi connectivity index (χ3v) is 3.20. The molecule has 0 amide bonds. The van der Waals surface area contributed by atoms with Gasteiger partial charge in [0.05, 0.1) is 0 Å². The smallest absolute Gasteiger partial charge is 0.00767 e. The molecule has 2 aromatic carbocycles. The van der Waals surface area contributed by atoms with Crippen LogP contribution in [0.3, 0.4) is 0 Å². The van der Waals surface area contributed by atoms with E-state index in [1.807, 2.05) is 7.05 Å². The molecular formula is C17H22N2. The molecule has 2 rings (SSSR count). The van der Waals surface area contributed by atoms with Crippen molar-refractivity contribution >= 4 is 0 Å². The Morgan fingerprint density at radius 2 is 1.42 bits per heavy atom. The topological polar surface area (TPSA) is 24.1 Å². The molecule has 0 atom stereocenters. The SMILES string of the molecule is CNCCNCCc1ccc(-c2ccccc2)cc1. The lowest BCUT2D eigenvalue weighted by Crippen LogP contribution is -2.26. The van der Waals surface area contributed by atoms with Gasteiger partial charge in [-0.1, -0.05) is 54.6 Å². The molecule has 0 aromatic heterocycles. The summed E-state index contributed by atoms with van der Waals surface area (Å²) < 4.78 is 0. The van der Waals surface area contributed by atoms with Crippen molar-refractivity contribution < 1.29 is 0 Å². The molecule has 2 N–H and O–H groups in total. The lowest BCUT2D eigenvalue weighted by atomic mass is 10.0. The van der Waals surface area contributed by atoms with Gasteiger partial charge in [0, 0.05) is 13.1 Å². The number of hydrogen-bond acceptors (Lipinski definition) is 2. The zero-order chi connectivity index (χ0) is 13.3. The van der Waals surface area contributed by atoms with Gasteiger partial charge in [0.25, 0.3) is 0 Å². The normalized spacial score (nSPS) is 10.6. The highest BCUT2D eigenvalue weighted by molar-refractivity contribution is 5.63. The molecule has 0 radical (unpaired) electrons. The average Bonchev–Trinajstić information content (AvgIpc) is 2.49. The first-order chi connectivity index (χ1) is 9.40. The van der Waals surface area contributed by atoms with Crippen LogP contribution in [0, 0.1) is 0 Å². The molecule has 2 aromatic rings. The van der Waals surface area contributed by atoms with Crippen LogP contribution in [-0.2, 0) is 6.42 Å². The molecular weight excluding hydrogens is 232 g/mol. The maximum atomic E-state index is 3.42. The minimum atomic E-state index is 1.02. The van der Waals surface area contributed by atoms with Crippen LogP contribution in [0.4, 0.5) is 0 Å². The van der Waals surface area contributed by atoms with Crippen LogP contribution in [0.25, 0.3) is 11.1 Å². The van der Waals surface area contributed by atoms with Crippen LogP contribution in [0.15, 0.2) is 54.6 Å². The fraction of sp³-hybridized carbons (Fsp3) is 0.294. The standard InChI is InChI=1S/C17H22N2/c1-18-13-14-19-12-11-15-7-9-17(10-8-15)16-5-3-2-4-6-16/h2-10,18-19H,11-14H2,1H3. The Hall–Kier alpha value is -1.64. The Morgan fingerprint density at radius 1 is 0.737 bits per heavy atom. The summed E-state index contributed by atoms with van der Waals surface area (Å²) in [5, 5.41) is 6.55. The number of nitrogens with one attached hydrogen (secondary N) is 2. The van der Waals surface area contributed by atoms with Crippen molar-refractivity contribution in [3.05, 3.63) is 60.2 Å². The second kappa shape index (κ2) is 7.72. The van der Waals surface area contributed by atoms with E-state index in [9.17, 15) is 0 Å². The van der Waals surface area contributed by atoms with E-state index in [0.717, 1.165) is 26.1 Å². The van der Waals surface area contributed by atoms with Gasteiger partial charge in [-0.2, -0.15) is 0 Å². The van der Waals surface area contributed by atoms with Crippen molar-refractivity contribution in [1.82, 2.24) is 10.6 Å². The molecule has 0 fully saturated rings. The molecule has 0 aliphatic rings. The van der Waals surface area contributed by atoms with Crippen LogP contribution in [0.5, 0.6) is 0 Å². The summed E-state index contributed by atoms with van der Waals surface area (Å²) in [4.78, 5) is 0. The predicted molar refractivity (Wildman–Crippen MR) is 82.4 cm³/mol. The van der Waals surface area contributed by atoms with Crippen molar-refractivity contribution in [2.75, 3.05) is 26.7 Å². The molecule has 0 aliphatic carbocycles. The molecule has 2 heteroatoms. The highest BCUT2D eigenvalue weighted by Crippen LogP contribution is 2.19. The van der Waals surface area contributed by atoms with E-state index in [1.54, 1.807) is 0 Å². The Labute approximate surface area is 115 Å². The second-order valence-electron chi connectivity index (χ2n) is 4.67. The lowest BCUT2D eigenvalue weighted by molar-refractivity contribution is 0.649. The summed E-state index contributed by atoms with van der Waals surface area (Å²) in [5.74, 6) is 0. The first kappa shape index (κ1) is 13.8. The van der Waals surface area contributed by atoms with Gasteiger partial charge in [-0.25, -0.2) is 0 Å². The van der Waals surface area contributed by atoms with Crippen molar-refractivity contribution in [2.45, 2.75) is 6.42 Å². The second-order valence-corrected chi connectivity index (χ2v) is 4.67. The minimum absolute atomic E-state index is 1.02. The first-order valence-electron chi connectivity index (χ1n) is 6.90. The molecule has 0 aliphatic heterocycles. The van der Waals surface area contributed by atoms with E-state index in [4.69, 9.17) is 0 Å². The molecule has 0 spiro atoms. The van der Waals surface area contributed by atoms with Gasteiger partial charge >= 0.3 is 0 Å². The summed E-state index contributed by atoms with van der Waals surface area (Å²) in [6.07, 6.45) is 1.08. The van der Waals surface area contributed by atoms with Crippen LogP contribution in [0.1, 0.15) is 5.56 Å². The fourth-order valence-electron chi connectivity index (χ4n) is 2.07. The highest BCUT2D eigenvalue weighted by atomic mass is 14.9. The molecule has 2 nitrogen and oxygen atoms in total. The van der Waals surface area contributed by atoms with E-state index >= 15 is 0 Å². The van der Waals surface area contributed by atoms with E-state index in [0.29, 0.717) is 0 Å². The number of likely N-dealkylation sites (N-methyl/N-ethyl adjacent to an activating group) is 1. The first-order valence-corrected chi connectivity index (χ1v) is 6.90. The van der Waals surface area contributed by atoms with Gasteiger partial charge in [-0.3, -0.25) is 0 Å². The largest absolute Gasteiger partial charge is 0.318 e. The minimum Gasteiger partial charge on any atom is -0.318 e. The average molecular weight is 254 g/mol. The number of benzene rings is 2. The molecule has 0 saturated heterocycles. The monoisotopic (exact) mass is 254 g/mol. The Morgan fingerprint density at radius 3 is 2.11 bits per heavy atom. The third-order valence-electron chi connectivity index (χ3n) is 3.20. The van der Waals surface area contributed by atoms with Gasteiger partial charge in [-0.15, -0.1) is 0 Å². The summed E-state index contributed by atoms with van der Waals surface area (Å²) in [6, 6.07) is 19.4. The van der Waals surface area contributed by atoms with Crippen molar-refractivity contribution in [3.63, 3.8) is 0 Å². The maximum Gasteiger partial charge on any atom is 0.00767 e. The summed E-state index contributed by atoms with van der Waals surface area (Å²) in [7, 11) is 1.98. The summed E-state index contributed by atoms with van der Waals surface area (Å²) >= 11 is 0. The summed E-state index contributed by atoms with van der Waals surface area (Å²) in [5.41, 5.74) is 3.95. The Balaban J connectivity index is 1.85. The van der Waals surface area contributed by atoms with Crippen molar-refractivity contribution in [2.24, 2.45) is 0 Å². The zero-order valence-corrected chi connectivity index (χ0v) is 11.5. The van der Waals surface area contributed by atoms with Crippen LogP contribution < -0.4 is 10.6 Å². The molecule has 0 saturated carbocycles. The highest BCUT2D eigenvalue weighted by Gasteiger charge is 1.97. The quantitative estimate of drug-likeness (QED) is 0.742. The summed E-state index contributed by atoms with van der Waals surface area (Å²) in [6.45, 7) is 3.08. The predicted octanol–water partition coefficient (Wildman–Crippen LogP) is 2.71. The van der Waals surface area contributed by atoms with Crippen LogP contribution >= 0.6 is 0 Å². The molecule has 19 heavy (non-hydrogen) atoms. The van der Waals surface area contributed by atoms with Crippen LogP contribution in [0.2, 0.25) is 0 Å². The fourth-order valence-corrected chi connectivity index (χ4v) is 2.07. The van der Waals surface area contributed by atoms with Gasteiger partial charge < -0.3 is 10.6 Å². The molecule has 0 unspecified atom stereocenters. The van der Waals surface area contributed by atoms with E-state index in [-0.39, 0.29) is 0 Å². The van der Waals surface area contributed by atoms with Crippen molar-refractivity contribution in [1.29, 1.82) is 0 Å².